The maximum absolute atomic E-state index is 5.71. The summed E-state index contributed by atoms with van der Waals surface area (Å²) in [7, 11) is 0. The molecule has 1 saturated carbocycles. The van der Waals surface area contributed by atoms with Crippen molar-refractivity contribution in [3.63, 3.8) is 0 Å². The first-order valence-electron chi connectivity index (χ1n) is 9.19. The Morgan fingerprint density at radius 2 is 1.10 bits per heavy atom. The predicted molar refractivity (Wildman–Crippen MR) is 92.5 cm³/mol. The fraction of sp³-hybridized carbons (Fsp3) is 0.700. The van der Waals surface area contributed by atoms with Gasteiger partial charge in [-0.1, -0.05) is 88.5 Å². The van der Waals surface area contributed by atoms with E-state index in [2.05, 4.69) is 24.3 Å². The molecule has 2 rings (SSSR count). The normalized spacial score (nSPS) is 20.2. The standard InChI is InChI=1S/C20H33N/c21-17-18-13-15-20(16-14-18)19-11-9-7-5-3-1-2-4-6-8-10-12-19/h13-16,19H,1-12,17,21H2. The van der Waals surface area contributed by atoms with Crippen molar-refractivity contribution < 1.29 is 0 Å². The monoisotopic (exact) mass is 287 g/mol. The van der Waals surface area contributed by atoms with Crippen LogP contribution < -0.4 is 5.73 Å². The van der Waals surface area contributed by atoms with E-state index >= 15 is 0 Å². The summed E-state index contributed by atoms with van der Waals surface area (Å²) >= 11 is 0. The van der Waals surface area contributed by atoms with Crippen molar-refractivity contribution in [1.29, 1.82) is 0 Å². The van der Waals surface area contributed by atoms with Gasteiger partial charge in [0.2, 0.25) is 0 Å². The summed E-state index contributed by atoms with van der Waals surface area (Å²) in [6.45, 7) is 0.658. The van der Waals surface area contributed by atoms with Crippen LogP contribution in [0.3, 0.4) is 0 Å². The molecule has 0 spiro atoms. The van der Waals surface area contributed by atoms with Crippen LogP contribution >= 0.6 is 0 Å². The molecule has 0 atom stereocenters. The fourth-order valence-electron chi connectivity index (χ4n) is 3.60. The van der Waals surface area contributed by atoms with Gasteiger partial charge >= 0.3 is 0 Å². The van der Waals surface area contributed by atoms with Crippen LogP contribution in [0.2, 0.25) is 0 Å². The van der Waals surface area contributed by atoms with E-state index in [1.807, 2.05) is 0 Å². The molecular weight excluding hydrogens is 254 g/mol. The SMILES string of the molecule is NCc1ccc(C2CCCCCCCCCCCC2)cc1. The Kier molecular flexibility index (Phi) is 7.88. The molecule has 1 fully saturated rings. The molecule has 118 valence electrons. The molecular formula is C20H33N. The summed E-state index contributed by atoms with van der Waals surface area (Å²) in [4.78, 5) is 0. The van der Waals surface area contributed by atoms with Gasteiger partial charge in [-0.2, -0.15) is 0 Å². The second-order valence-corrected chi connectivity index (χ2v) is 6.76. The molecule has 0 radical (unpaired) electrons. The van der Waals surface area contributed by atoms with Crippen molar-refractivity contribution in [3.8, 4) is 0 Å². The van der Waals surface area contributed by atoms with Gasteiger partial charge in [-0.15, -0.1) is 0 Å². The molecule has 0 aromatic heterocycles. The van der Waals surface area contributed by atoms with Gasteiger partial charge in [-0.25, -0.2) is 0 Å². The Morgan fingerprint density at radius 3 is 1.52 bits per heavy atom. The fourth-order valence-corrected chi connectivity index (χ4v) is 3.60. The molecule has 1 nitrogen and oxygen atoms in total. The lowest BCUT2D eigenvalue weighted by atomic mass is 9.88. The average Bonchev–Trinajstić information content (AvgIpc) is 2.56. The van der Waals surface area contributed by atoms with Gasteiger partial charge in [0.05, 0.1) is 0 Å². The summed E-state index contributed by atoms with van der Waals surface area (Å²) < 4.78 is 0. The minimum absolute atomic E-state index is 0.658. The lowest BCUT2D eigenvalue weighted by Crippen LogP contribution is -2.01. The lowest BCUT2D eigenvalue weighted by molar-refractivity contribution is 0.501. The second-order valence-electron chi connectivity index (χ2n) is 6.76. The van der Waals surface area contributed by atoms with Crippen LogP contribution in [0.5, 0.6) is 0 Å². The second kappa shape index (κ2) is 10.00. The highest BCUT2D eigenvalue weighted by molar-refractivity contribution is 5.25. The highest BCUT2D eigenvalue weighted by Crippen LogP contribution is 2.29. The summed E-state index contributed by atoms with van der Waals surface area (Å²) in [6.07, 6.45) is 17.1. The Bertz CT molecular complexity index is 354. The third kappa shape index (κ3) is 6.22. The van der Waals surface area contributed by atoms with Gasteiger partial charge < -0.3 is 5.73 Å². The minimum atomic E-state index is 0.658. The first-order chi connectivity index (χ1) is 10.4. The number of hydrogen-bond donors (Lipinski definition) is 1. The van der Waals surface area contributed by atoms with E-state index < -0.39 is 0 Å². The topological polar surface area (TPSA) is 26.0 Å². The van der Waals surface area contributed by atoms with Crippen molar-refractivity contribution in [1.82, 2.24) is 0 Å². The molecule has 0 amide bonds. The summed E-state index contributed by atoms with van der Waals surface area (Å²) in [6, 6.07) is 9.09. The lowest BCUT2D eigenvalue weighted by Gasteiger charge is -2.18. The summed E-state index contributed by atoms with van der Waals surface area (Å²) in [5, 5.41) is 0. The molecule has 0 unspecified atom stereocenters. The van der Waals surface area contributed by atoms with Crippen molar-refractivity contribution >= 4 is 0 Å². The van der Waals surface area contributed by atoms with Gasteiger partial charge in [-0.3, -0.25) is 0 Å². The van der Waals surface area contributed by atoms with Crippen LogP contribution in [0.15, 0.2) is 24.3 Å². The molecule has 1 aliphatic rings. The highest BCUT2D eigenvalue weighted by Gasteiger charge is 2.11. The summed E-state index contributed by atoms with van der Waals surface area (Å²) in [5.74, 6) is 0.776. The van der Waals surface area contributed by atoms with Crippen LogP contribution in [-0.4, -0.2) is 0 Å². The van der Waals surface area contributed by atoms with E-state index in [0.29, 0.717) is 6.54 Å². The number of benzene rings is 1. The van der Waals surface area contributed by atoms with Crippen LogP contribution in [0, 0.1) is 0 Å². The molecule has 1 aliphatic carbocycles. The summed E-state index contributed by atoms with van der Waals surface area (Å²) in [5.41, 5.74) is 8.51. The molecule has 21 heavy (non-hydrogen) atoms. The van der Waals surface area contributed by atoms with Crippen molar-refractivity contribution in [2.45, 2.75) is 89.5 Å². The van der Waals surface area contributed by atoms with Gasteiger partial charge in [0.15, 0.2) is 0 Å². The van der Waals surface area contributed by atoms with Crippen LogP contribution in [0.4, 0.5) is 0 Å². The van der Waals surface area contributed by atoms with Gasteiger partial charge in [0, 0.05) is 6.54 Å². The first-order valence-corrected chi connectivity index (χ1v) is 9.19. The third-order valence-electron chi connectivity index (χ3n) is 5.04. The van der Waals surface area contributed by atoms with E-state index in [4.69, 9.17) is 5.73 Å². The molecule has 1 aromatic carbocycles. The van der Waals surface area contributed by atoms with Crippen LogP contribution in [0.1, 0.15) is 94.1 Å². The van der Waals surface area contributed by atoms with Gasteiger partial charge in [0.1, 0.15) is 0 Å². The quantitative estimate of drug-likeness (QED) is 0.717. The highest BCUT2D eigenvalue weighted by atomic mass is 14.5. The van der Waals surface area contributed by atoms with E-state index in [9.17, 15) is 0 Å². The van der Waals surface area contributed by atoms with Crippen LogP contribution in [-0.2, 0) is 6.54 Å². The molecule has 0 aliphatic heterocycles. The Balaban J connectivity index is 1.92. The van der Waals surface area contributed by atoms with E-state index in [0.717, 1.165) is 5.92 Å². The average molecular weight is 287 g/mol. The molecule has 0 saturated heterocycles. The number of hydrogen-bond acceptors (Lipinski definition) is 1. The van der Waals surface area contributed by atoms with Crippen molar-refractivity contribution in [3.05, 3.63) is 35.4 Å². The number of nitrogens with two attached hydrogens (primary N) is 1. The molecule has 1 aromatic rings. The number of rotatable bonds is 2. The van der Waals surface area contributed by atoms with E-state index in [1.54, 1.807) is 5.56 Å². The molecule has 0 bridgehead atoms. The maximum Gasteiger partial charge on any atom is 0.0178 e. The van der Waals surface area contributed by atoms with Gasteiger partial charge in [0.25, 0.3) is 0 Å². The molecule has 0 heterocycles. The Morgan fingerprint density at radius 1 is 0.667 bits per heavy atom. The van der Waals surface area contributed by atoms with Crippen molar-refractivity contribution in [2.75, 3.05) is 0 Å². The largest absolute Gasteiger partial charge is 0.326 e. The zero-order valence-corrected chi connectivity index (χ0v) is 13.7. The smallest absolute Gasteiger partial charge is 0.0178 e. The Labute approximate surface area is 131 Å². The molecule has 1 heteroatoms. The predicted octanol–water partition coefficient (Wildman–Crippen LogP) is 5.92. The molecule has 2 N–H and O–H groups in total. The van der Waals surface area contributed by atoms with Crippen molar-refractivity contribution in [2.24, 2.45) is 5.73 Å². The minimum Gasteiger partial charge on any atom is -0.326 e. The zero-order valence-electron chi connectivity index (χ0n) is 13.7. The Hall–Kier alpha value is -0.820. The zero-order chi connectivity index (χ0) is 14.8. The van der Waals surface area contributed by atoms with E-state index in [1.165, 1.54) is 82.6 Å². The van der Waals surface area contributed by atoms with Gasteiger partial charge in [-0.05, 0) is 29.9 Å². The van der Waals surface area contributed by atoms with E-state index in [-0.39, 0.29) is 0 Å². The van der Waals surface area contributed by atoms with Crippen LogP contribution in [0.25, 0.3) is 0 Å². The first kappa shape index (κ1) is 16.5. The maximum atomic E-state index is 5.71. The third-order valence-corrected chi connectivity index (χ3v) is 5.04.